The highest BCUT2D eigenvalue weighted by molar-refractivity contribution is 5.93. The highest BCUT2D eigenvalue weighted by Crippen LogP contribution is 2.50. The molecule has 0 bridgehead atoms. The largest absolute Gasteiger partial charge is 0.453 e. The summed E-state index contributed by atoms with van der Waals surface area (Å²) >= 11 is 0. The number of hydrogen-bond acceptors (Lipinski definition) is 5. The van der Waals surface area contributed by atoms with Gasteiger partial charge in [0.15, 0.2) is 0 Å². The predicted molar refractivity (Wildman–Crippen MR) is 154 cm³/mol. The fraction of sp³-hybridized carbons (Fsp3) is 0.406. The Morgan fingerprint density at radius 3 is 2.29 bits per heavy atom. The summed E-state index contributed by atoms with van der Waals surface area (Å²) in [4.78, 5) is 31.1. The lowest BCUT2D eigenvalue weighted by Gasteiger charge is -2.44. The van der Waals surface area contributed by atoms with Crippen LogP contribution in [0.4, 0.5) is 19.3 Å². The predicted octanol–water partition coefficient (Wildman–Crippen LogP) is 6.58. The summed E-state index contributed by atoms with van der Waals surface area (Å²) in [5.41, 5.74) is 9.84. The van der Waals surface area contributed by atoms with Gasteiger partial charge in [0.05, 0.1) is 30.2 Å². The molecule has 0 radical (unpaired) electrons. The van der Waals surface area contributed by atoms with Crippen LogP contribution in [0.3, 0.4) is 0 Å². The summed E-state index contributed by atoms with van der Waals surface area (Å²) < 4.78 is 31.8. The second-order valence-corrected chi connectivity index (χ2v) is 11.4. The van der Waals surface area contributed by atoms with Gasteiger partial charge >= 0.3 is 6.09 Å². The molecule has 2 aromatic carbocycles. The van der Waals surface area contributed by atoms with Gasteiger partial charge in [-0.15, -0.1) is 0 Å². The maximum absolute atomic E-state index is 13.5. The summed E-state index contributed by atoms with van der Waals surface area (Å²) in [6.07, 6.45) is 4.41. The standard InChI is InChI=1S/C32H36F2N4O3/c1-38(30(40)41-2)26-14-8-21(9-15-26)16-28(39)37-25-17-27(22-6-4-3-5-7-22)29(36-18-25)23-10-12-24(13-11-23)31(35)19-32(33,34)20-31/h3-7,10-13,17-18,21,26H,8-9,14-16,19-20,35H2,1-2H3,(H,37,39). The van der Waals surface area contributed by atoms with Gasteiger partial charge in [-0.1, -0.05) is 54.6 Å². The first kappa shape index (κ1) is 28.7. The molecule has 3 N–H and O–H groups in total. The van der Waals surface area contributed by atoms with Crippen LogP contribution < -0.4 is 11.1 Å². The fourth-order valence-electron chi connectivity index (χ4n) is 6.14. The molecule has 7 nitrogen and oxygen atoms in total. The normalized spacial score (nSPS) is 20.9. The Bertz CT molecular complexity index is 1380. The highest BCUT2D eigenvalue weighted by atomic mass is 19.3. The molecule has 216 valence electrons. The minimum atomic E-state index is -2.71. The van der Waals surface area contributed by atoms with Crippen LogP contribution in [0.1, 0.15) is 50.5 Å². The molecule has 41 heavy (non-hydrogen) atoms. The fourth-order valence-corrected chi connectivity index (χ4v) is 6.14. The second-order valence-electron chi connectivity index (χ2n) is 11.4. The van der Waals surface area contributed by atoms with Crippen LogP contribution in [0.5, 0.6) is 0 Å². The molecular weight excluding hydrogens is 526 g/mol. The number of benzene rings is 2. The molecule has 0 aliphatic heterocycles. The van der Waals surface area contributed by atoms with E-state index in [1.165, 1.54) is 7.11 Å². The number of hydrogen-bond donors (Lipinski definition) is 2. The smallest absolute Gasteiger partial charge is 0.409 e. The Morgan fingerprint density at radius 1 is 1.02 bits per heavy atom. The van der Waals surface area contributed by atoms with Crippen molar-refractivity contribution in [1.29, 1.82) is 0 Å². The van der Waals surface area contributed by atoms with E-state index in [4.69, 9.17) is 15.5 Å². The molecule has 2 aliphatic rings. The number of amides is 2. The topological polar surface area (TPSA) is 97.5 Å². The number of ether oxygens (including phenoxy) is 1. The van der Waals surface area contributed by atoms with E-state index < -0.39 is 11.5 Å². The Balaban J connectivity index is 1.29. The average Bonchev–Trinajstić information content (AvgIpc) is 2.96. The van der Waals surface area contributed by atoms with Gasteiger partial charge in [-0.05, 0) is 48.8 Å². The van der Waals surface area contributed by atoms with E-state index in [-0.39, 0.29) is 36.8 Å². The van der Waals surface area contributed by atoms with Gasteiger partial charge in [-0.2, -0.15) is 0 Å². The van der Waals surface area contributed by atoms with Gasteiger partial charge in [0, 0.05) is 43.5 Å². The summed E-state index contributed by atoms with van der Waals surface area (Å²) in [6, 6.07) is 19.2. The third-order valence-corrected chi connectivity index (χ3v) is 8.44. The highest BCUT2D eigenvalue weighted by Gasteiger charge is 2.55. The van der Waals surface area contributed by atoms with Gasteiger partial charge in [0.2, 0.25) is 5.91 Å². The molecule has 2 aliphatic carbocycles. The summed E-state index contributed by atoms with van der Waals surface area (Å²) in [7, 11) is 3.13. The summed E-state index contributed by atoms with van der Waals surface area (Å²) in [6.45, 7) is 0. The van der Waals surface area contributed by atoms with Crippen molar-refractivity contribution in [3.05, 3.63) is 72.4 Å². The summed E-state index contributed by atoms with van der Waals surface area (Å²) in [5, 5.41) is 3.02. The molecule has 3 aromatic rings. The zero-order valence-corrected chi connectivity index (χ0v) is 23.4. The lowest BCUT2D eigenvalue weighted by atomic mass is 9.70. The maximum atomic E-state index is 13.5. The SMILES string of the molecule is COC(=O)N(C)C1CCC(CC(=O)Nc2cnc(-c3ccc(C4(N)CC(F)(F)C4)cc3)c(-c3ccccc3)c2)CC1. The monoisotopic (exact) mass is 562 g/mol. The van der Waals surface area contributed by atoms with Crippen molar-refractivity contribution in [2.24, 2.45) is 11.7 Å². The zero-order chi connectivity index (χ0) is 29.2. The number of methoxy groups -OCH3 is 1. The molecule has 9 heteroatoms. The lowest BCUT2D eigenvalue weighted by Crippen LogP contribution is -2.55. The number of nitrogens with two attached hydrogens (primary N) is 1. The van der Waals surface area contributed by atoms with Crippen molar-refractivity contribution in [3.8, 4) is 22.4 Å². The van der Waals surface area contributed by atoms with Crippen LogP contribution in [-0.2, 0) is 15.1 Å². The molecule has 1 aromatic heterocycles. The summed E-state index contributed by atoms with van der Waals surface area (Å²) in [5.74, 6) is -2.53. The quantitative estimate of drug-likeness (QED) is 0.339. The molecule has 0 saturated heterocycles. The number of nitrogens with one attached hydrogen (secondary N) is 1. The first-order valence-corrected chi connectivity index (χ1v) is 14.0. The van der Waals surface area contributed by atoms with Gasteiger partial charge in [0.1, 0.15) is 0 Å². The molecule has 2 amide bonds. The average molecular weight is 563 g/mol. The van der Waals surface area contributed by atoms with E-state index in [1.807, 2.05) is 48.5 Å². The number of carbonyl (C=O) groups is 2. The van der Waals surface area contributed by atoms with E-state index in [0.29, 0.717) is 17.7 Å². The van der Waals surface area contributed by atoms with E-state index in [2.05, 4.69) is 5.32 Å². The Kier molecular flexibility index (Phi) is 8.09. The van der Waals surface area contributed by atoms with Gasteiger partial charge in [-0.25, -0.2) is 13.6 Å². The molecule has 0 atom stereocenters. The van der Waals surface area contributed by atoms with Crippen molar-refractivity contribution in [3.63, 3.8) is 0 Å². The Morgan fingerprint density at radius 2 is 1.68 bits per heavy atom. The van der Waals surface area contributed by atoms with Crippen molar-refractivity contribution in [2.45, 2.75) is 62.4 Å². The minimum absolute atomic E-state index is 0.0711. The third-order valence-electron chi connectivity index (χ3n) is 8.44. The van der Waals surface area contributed by atoms with Crippen LogP contribution >= 0.6 is 0 Å². The molecular formula is C32H36F2N4O3. The van der Waals surface area contributed by atoms with Gasteiger partial charge in [0.25, 0.3) is 5.92 Å². The minimum Gasteiger partial charge on any atom is -0.453 e. The number of anilines is 1. The third kappa shape index (κ3) is 6.40. The molecule has 2 fully saturated rings. The number of carbonyl (C=O) groups excluding carboxylic acids is 2. The molecule has 0 spiro atoms. The first-order valence-electron chi connectivity index (χ1n) is 14.0. The number of halogens is 2. The van der Waals surface area contributed by atoms with Gasteiger partial charge in [-0.3, -0.25) is 9.78 Å². The molecule has 2 saturated carbocycles. The van der Waals surface area contributed by atoms with Crippen molar-refractivity contribution >= 4 is 17.7 Å². The molecule has 1 heterocycles. The Hall–Kier alpha value is -3.85. The van der Waals surface area contributed by atoms with E-state index in [1.54, 1.807) is 30.3 Å². The van der Waals surface area contributed by atoms with Crippen LogP contribution in [0.25, 0.3) is 22.4 Å². The number of rotatable bonds is 7. The van der Waals surface area contributed by atoms with E-state index in [9.17, 15) is 18.4 Å². The van der Waals surface area contributed by atoms with Gasteiger partial charge < -0.3 is 20.7 Å². The van der Waals surface area contributed by atoms with Crippen LogP contribution in [-0.4, -0.2) is 48.0 Å². The number of pyridine rings is 1. The number of aromatic nitrogens is 1. The number of nitrogens with zero attached hydrogens (tertiary/aromatic N) is 2. The number of alkyl halides is 2. The Labute approximate surface area is 239 Å². The lowest BCUT2D eigenvalue weighted by molar-refractivity contribution is -0.125. The van der Waals surface area contributed by atoms with Crippen molar-refractivity contribution < 1.29 is 23.1 Å². The second kappa shape index (κ2) is 11.6. The van der Waals surface area contributed by atoms with Crippen LogP contribution in [0, 0.1) is 5.92 Å². The maximum Gasteiger partial charge on any atom is 0.409 e. The van der Waals surface area contributed by atoms with Crippen molar-refractivity contribution in [1.82, 2.24) is 9.88 Å². The van der Waals surface area contributed by atoms with E-state index >= 15 is 0 Å². The van der Waals surface area contributed by atoms with E-state index in [0.717, 1.165) is 48.1 Å². The molecule has 5 rings (SSSR count). The van der Waals surface area contributed by atoms with Crippen LogP contribution in [0.15, 0.2) is 66.9 Å². The zero-order valence-electron chi connectivity index (χ0n) is 23.4. The molecule has 0 unspecified atom stereocenters. The van der Waals surface area contributed by atoms with Crippen LogP contribution in [0.2, 0.25) is 0 Å². The van der Waals surface area contributed by atoms with Crippen molar-refractivity contribution in [2.75, 3.05) is 19.5 Å². The first-order chi connectivity index (χ1) is 19.6.